The van der Waals surface area contributed by atoms with E-state index in [4.69, 9.17) is 0 Å². The van der Waals surface area contributed by atoms with Gasteiger partial charge in [-0.25, -0.2) is 0 Å². The van der Waals surface area contributed by atoms with Crippen LogP contribution in [0.3, 0.4) is 0 Å². The van der Waals surface area contributed by atoms with Gasteiger partial charge in [0.05, 0.1) is 5.56 Å². The molecule has 102 valence electrons. The Morgan fingerprint density at radius 2 is 2.11 bits per heavy atom. The monoisotopic (exact) mass is 259 g/mol. The van der Waals surface area contributed by atoms with Gasteiger partial charge in [-0.1, -0.05) is 6.92 Å². The van der Waals surface area contributed by atoms with Crippen LogP contribution in [0.5, 0.6) is 0 Å². The average Bonchev–Trinajstić information content (AvgIpc) is 2.42. The minimum atomic E-state index is -0.102. The minimum absolute atomic E-state index is 0.0642. The maximum Gasteiger partial charge on any atom is 0.261 e. The molecule has 0 spiro atoms. The topological polar surface area (TPSA) is 39.1 Å². The largest absolute Gasteiger partial charge is 0.311 e. The van der Waals surface area contributed by atoms with Gasteiger partial charge in [0, 0.05) is 17.7 Å². The molecule has 1 aliphatic heterocycles. The van der Waals surface area contributed by atoms with Crippen molar-refractivity contribution >= 4 is 5.78 Å². The first-order valence-electron chi connectivity index (χ1n) is 7.37. The molecule has 0 amide bonds. The van der Waals surface area contributed by atoms with Crippen molar-refractivity contribution in [1.82, 2.24) is 4.57 Å². The van der Waals surface area contributed by atoms with Crippen LogP contribution in [0.25, 0.3) is 0 Å². The fraction of sp³-hybridized carbons (Fsp3) is 0.625. The summed E-state index contributed by atoms with van der Waals surface area (Å²) in [7, 11) is 0. The van der Waals surface area contributed by atoms with Crippen LogP contribution in [-0.4, -0.2) is 10.4 Å². The van der Waals surface area contributed by atoms with E-state index in [9.17, 15) is 9.59 Å². The van der Waals surface area contributed by atoms with Crippen molar-refractivity contribution in [1.29, 1.82) is 0 Å². The molecule has 3 rings (SSSR count). The fourth-order valence-electron chi connectivity index (χ4n) is 4.08. The molecular formula is C16H21NO2. The molecule has 1 aromatic rings. The van der Waals surface area contributed by atoms with Crippen LogP contribution < -0.4 is 5.56 Å². The average molecular weight is 259 g/mol. The van der Waals surface area contributed by atoms with Crippen LogP contribution in [-0.2, 0) is 18.4 Å². The summed E-state index contributed by atoms with van der Waals surface area (Å²) in [5.74, 6) is -0.102. The third-order valence-electron chi connectivity index (χ3n) is 5.07. The second-order valence-corrected chi connectivity index (χ2v) is 6.04. The molecule has 3 heteroatoms. The van der Waals surface area contributed by atoms with E-state index in [1.807, 2.05) is 10.6 Å². The first-order chi connectivity index (χ1) is 9.09. The fourth-order valence-corrected chi connectivity index (χ4v) is 4.08. The molecule has 0 aromatic carbocycles. The second kappa shape index (κ2) is 4.32. The maximum absolute atomic E-state index is 12.5. The third-order valence-corrected chi connectivity index (χ3v) is 5.07. The normalized spacial score (nSPS) is 24.9. The Morgan fingerprint density at radius 3 is 2.79 bits per heavy atom. The number of hydrogen-bond donors (Lipinski definition) is 0. The van der Waals surface area contributed by atoms with Crippen LogP contribution >= 0.6 is 0 Å². The lowest BCUT2D eigenvalue weighted by Crippen LogP contribution is -2.43. The molecule has 0 N–H and O–H groups in total. The summed E-state index contributed by atoms with van der Waals surface area (Å²) in [6.45, 7) is 4.51. The number of carbonyl (C=O) groups is 1. The van der Waals surface area contributed by atoms with Crippen molar-refractivity contribution in [2.24, 2.45) is 0 Å². The number of pyridine rings is 1. The molecule has 1 aliphatic carbocycles. The Balaban J connectivity index is 2.33. The van der Waals surface area contributed by atoms with Crippen LogP contribution in [0.15, 0.2) is 10.9 Å². The highest BCUT2D eigenvalue weighted by Gasteiger charge is 2.40. The van der Waals surface area contributed by atoms with Gasteiger partial charge in [-0.05, 0) is 57.1 Å². The van der Waals surface area contributed by atoms with E-state index in [0.717, 1.165) is 25.8 Å². The Kier molecular flexibility index (Phi) is 2.88. The Labute approximate surface area is 113 Å². The van der Waals surface area contributed by atoms with Gasteiger partial charge in [-0.2, -0.15) is 0 Å². The summed E-state index contributed by atoms with van der Waals surface area (Å²) in [5.41, 5.74) is 3.01. The minimum Gasteiger partial charge on any atom is -0.311 e. The van der Waals surface area contributed by atoms with E-state index in [2.05, 4.69) is 6.92 Å². The number of carbonyl (C=O) groups excluding carboxylic acids is 1. The van der Waals surface area contributed by atoms with Gasteiger partial charge in [0.25, 0.3) is 5.56 Å². The molecule has 1 atom stereocenters. The first-order valence-corrected chi connectivity index (χ1v) is 7.37. The predicted molar refractivity (Wildman–Crippen MR) is 74.8 cm³/mol. The van der Waals surface area contributed by atoms with Crippen molar-refractivity contribution < 1.29 is 4.79 Å². The van der Waals surface area contributed by atoms with Crippen molar-refractivity contribution in [3.63, 3.8) is 0 Å². The molecule has 0 bridgehead atoms. The van der Waals surface area contributed by atoms with E-state index in [-0.39, 0.29) is 16.8 Å². The molecule has 0 radical (unpaired) electrons. The van der Waals surface area contributed by atoms with Crippen molar-refractivity contribution in [2.75, 3.05) is 0 Å². The lowest BCUT2D eigenvalue weighted by molar-refractivity contribution is 0.101. The standard InChI is InChI=1S/C16H21NO2/c1-3-16-7-4-6-12-10-13(11(2)18)15(19)17(14(12)16)9-5-8-16/h10H,3-9H2,1-2H3. The summed E-state index contributed by atoms with van der Waals surface area (Å²) < 4.78 is 1.91. The van der Waals surface area contributed by atoms with Gasteiger partial charge in [-0.3, -0.25) is 9.59 Å². The van der Waals surface area contributed by atoms with E-state index >= 15 is 0 Å². The third kappa shape index (κ3) is 1.71. The summed E-state index contributed by atoms with van der Waals surface area (Å²) in [6.07, 6.45) is 6.72. The number of rotatable bonds is 2. The Morgan fingerprint density at radius 1 is 1.37 bits per heavy atom. The van der Waals surface area contributed by atoms with E-state index in [1.54, 1.807) is 0 Å². The molecule has 0 saturated heterocycles. The molecule has 0 fully saturated rings. The highest BCUT2D eigenvalue weighted by Crippen LogP contribution is 2.45. The van der Waals surface area contributed by atoms with Crippen LogP contribution in [0, 0.1) is 0 Å². The zero-order chi connectivity index (χ0) is 13.6. The summed E-state index contributed by atoms with van der Waals surface area (Å²) >= 11 is 0. The molecule has 3 nitrogen and oxygen atoms in total. The van der Waals surface area contributed by atoms with Gasteiger partial charge in [0.1, 0.15) is 0 Å². The van der Waals surface area contributed by atoms with E-state index in [1.165, 1.54) is 37.4 Å². The second-order valence-electron chi connectivity index (χ2n) is 6.04. The smallest absolute Gasteiger partial charge is 0.261 e. The van der Waals surface area contributed by atoms with Crippen molar-refractivity contribution in [3.05, 3.63) is 33.2 Å². The van der Waals surface area contributed by atoms with Gasteiger partial charge in [0.15, 0.2) is 5.78 Å². The van der Waals surface area contributed by atoms with E-state index < -0.39 is 0 Å². The molecule has 0 saturated carbocycles. The summed E-state index contributed by atoms with van der Waals surface area (Å²) in [4.78, 5) is 24.1. The summed E-state index contributed by atoms with van der Waals surface area (Å²) in [5, 5.41) is 0. The summed E-state index contributed by atoms with van der Waals surface area (Å²) in [6, 6.07) is 1.88. The molecule has 1 unspecified atom stereocenters. The van der Waals surface area contributed by atoms with Gasteiger partial charge in [0.2, 0.25) is 0 Å². The number of Topliss-reactive ketones (excluding diaryl/α,β-unsaturated/α-hetero) is 1. The highest BCUT2D eigenvalue weighted by atomic mass is 16.1. The SMILES string of the molecule is CCC12CCCc3cc(C(C)=O)c(=O)n(c31)CCC2. The predicted octanol–water partition coefficient (Wildman–Crippen LogP) is 2.83. The Hall–Kier alpha value is -1.38. The quantitative estimate of drug-likeness (QED) is 0.766. The van der Waals surface area contributed by atoms with Crippen molar-refractivity contribution in [2.45, 2.75) is 64.3 Å². The van der Waals surface area contributed by atoms with Crippen molar-refractivity contribution in [3.8, 4) is 0 Å². The number of ketones is 1. The van der Waals surface area contributed by atoms with Crippen LogP contribution in [0.1, 0.15) is 67.6 Å². The molecule has 2 aliphatic rings. The molecular weight excluding hydrogens is 238 g/mol. The van der Waals surface area contributed by atoms with Gasteiger partial charge < -0.3 is 4.57 Å². The molecule has 1 aromatic heterocycles. The number of nitrogens with zero attached hydrogens (tertiary/aromatic N) is 1. The maximum atomic E-state index is 12.5. The zero-order valence-corrected chi connectivity index (χ0v) is 11.8. The zero-order valence-electron chi connectivity index (χ0n) is 11.8. The van der Waals surface area contributed by atoms with Gasteiger partial charge in [-0.15, -0.1) is 0 Å². The number of aromatic nitrogens is 1. The highest BCUT2D eigenvalue weighted by molar-refractivity contribution is 5.94. The number of aryl methyl sites for hydroxylation is 1. The van der Waals surface area contributed by atoms with E-state index in [0.29, 0.717) is 5.56 Å². The van der Waals surface area contributed by atoms with Crippen LogP contribution in [0.4, 0.5) is 0 Å². The van der Waals surface area contributed by atoms with Gasteiger partial charge >= 0.3 is 0 Å². The number of hydrogen-bond acceptors (Lipinski definition) is 2. The lowest BCUT2D eigenvalue weighted by atomic mass is 9.66. The lowest BCUT2D eigenvalue weighted by Gasteiger charge is -2.43. The Bertz CT molecular complexity index is 596. The molecule has 19 heavy (non-hydrogen) atoms. The molecule has 2 heterocycles. The first kappa shape index (κ1) is 12.6. The van der Waals surface area contributed by atoms with Crippen LogP contribution in [0.2, 0.25) is 0 Å².